The molecule has 1 aliphatic heterocycles. The lowest BCUT2D eigenvalue weighted by Gasteiger charge is -2.36. The molecule has 0 radical (unpaired) electrons. The highest BCUT2D eigenvalue weighted by atomic mass is 16.5. The first kappa shape index (κ1) is 25.2. The van der Waals surface area contributed by atoms with Crippen molar-refractivity contribution < 1.29 is 14.6 Å². The molecule has 39 heavy (non-hydrogen) atoms. The third kappa shape index (κ3) is 6.14. The van der Waals surface area contributed by atoms with Crippen molar-refractivity contribution in [3.05, 3.63) is 54.6 Å². The van der Waals surface area contributed by atoms with Gasteiger partial charge < -0.3 is 20.1 Å². The highest BCUT2D eigenvalue weighted by Crippen LogP contribution is 2.28. The Morgan fingerprint density at radius 1 is 1.03 bits per heavy atom. The largest absolute Gasteiger partial charge is 0.465 e. The topological polar surface area (TPSA) is 131 Å². The van der Waals surface area contributed by atoms with E-state index >= 15 is 0 Å². The van der Waals surface area contributed by atoms with Crippen LogP contribution in [0, 0.1) is 5.92 Å². The number of carboxylic acid groups (broad SMARTS) is 1. The summed E-state index contributed by atoms with van der Waals surface area (Å²) in [6, 6.07) is 7.93. The quantitative estimate of drug-likeness (QED) is 0.322. The minimum Gasteiger partial charge on any atom is -0.465 e. The number of nitrogens with zero attached hydrogens (tertiary/aromatic N) is 7. The maximum atomic E-state index is 10.9. The highest BCUT2D eigenvalue weighted by Gasteiger charge is 2.30. The third-order valence-corrected chi connectivity index (χ3v) is 7.51. The van der Waals surface area contributed by atoms with Crippen molar-refractivity contribution in [3.8, 4) is 11.1 Å². The van der Waals surface area contributed by atoms with Gasteiger partial charge in [-0.1, -0.05) is 32.1 Å². The minimum atomic E-state index is -0.902. The molecule has 2 aliphatic rings. The van der Waals surface area contributed by atoms with Gasteiger partial charge in [0.1, 0.15) is 5.82 Å². The first-order valence-electron chi connectivity index (χ1n) is 13.6. The molecule has 0 spiro atoms. The molecule has 0 unspecified atom stereocenters. The van der Waals surface area contributed by atoms with Gasteiger partial charge in [-0.3, -0.25) is 9.67 Å². The predicted octanol–water partition coefficient (Wildman–Crippen LogP) is 4.53. The second-order valence-electron chi connectivity index (χ2n) is 10.4. The fourth-order valence-electron chi connectivity index (χ4n) is 5.32. The van der Waals surface area contributed by atoms with Gasteiger partial charge in [-0.15, -0.1) is 5.10 Å². The van der Waals surface area contributed by atoms with Gasteiger partial charge in [0, 0.05) is 23.5 Å². The molecule has 0 atom stereocenters. The Morgan fingerprint density at radius 2 is 1.90 bits per heavy atom. The van der Waals surface area contributed by atoms with Crippen LogP contribution in [-0.2, 0) is 17.7 Å². The number of aromatic nitrogens is 6. The zero-order chi connectivity index (χ0) is 26.6. The van der Waals surface area contributed by atoms with Crippen LogP contribution in [0.3, 0.4) is 0 Å². The van der Waals surface area contributed by atoms with Crippen LogP contribution in [0.15, 0.2) is 49.1 Å². The summed E-state index contributed by atoms with van der Waals surface area (Å²) in [6.45, 7) is 1.89. The van der Waals surface area contributed by atoms with Crippen molar-refractivity contribution in [1.82, 2.24) is 34.8 Å². The van der Waals surface area contributed by atoms with Crippen LogP contribution in [0.5, 0.6) is 0 Å². The molecule has 4 aromatic rings. The van der Waals surface area contributed by atoms with Crippen LogP contribution in [-0.4, -0.2) is 71.8 Å². The van der Waals surface area contributed by atoms with Gasteiger partial charge in [-0.05, 0) is 42.2 Å². The molecule has 0 bridgehead atoms. The average Bonchev–Trinajstić information content (AvgIpc) is 3.39. The first-order valence-corrected chi connectivity index (χ1v) is 13.6. The van der Waals surface area contributed by atoms with Crippen molar-refractivity contribution in [2.75, 3.05) is 25.0 Å². The Labute approximate surface area is 226 Å². The summed E-state index contributed by atoms with van der Waals surface area (Å²) in [6.07, 6.45) is 14.2. The van der Waals surface area contributed by atoms with Gasteiger partial charge in [0.25, 0.3) is 0 Å². The number of fused-ring (bicyclic) bond motifs is 1. The average molecular weight is 529 g/mol. The molecule has 1 amide bonds. The van der Waals surface area contributed by atoms with E-state index in [0.29, 0.717) is 37.9 Å². The molecule has 1 aliphatic carbocycles. The van der Waals surface area contributed by atoms with Crippen LogP contribution in [0.1, 0.15) is 37.7 Å². The summed E-state index contributed by atoms with van der Waals surface area (Å²) in [4.78, 5) is 21.6. The van der Waals surface area contributed by atoms with E-state index in [-0.39, 0.29) is 6.10 Å². The SMILES string of the molecule is O=C(O)N1CC(OCCn2cc(-c3cnc4ccc(Nc5cc(CC6CCCCC6)cnn5)nc4c3)cn2)C1. The normalized spacial score (nSPS) is 16.4. The van der Waals surface area contributed by atoms with Gasteiger partial charge >= 0.3 is 6.09 Å². The molecule has 2 fully saturated rings. The molecule has 2 N–H and O–H groups in total. The predicted molar refractivity (Wildman–Crippen MR) is 146 cm³/mol. The molecule has 202 valence electrons. The molecular weight excluding hydrogens is 496 g/mol. The Kier molecular flexibility index (Phi) is 7.31. The summed E-state index contributed by atoms with van der Waals surface area (Å²) < 4.78 is 7.55. The number of pyridine rings is 2. The van der Waals surface area contributed by atoms with Crippen molar-refractivity contribution in [2.45, 2.75) is 51.2 Å². The fourth-order valence-corrected chi connectivity index (χ4v) is 5.32. The van der Waals surface area contributed by atoms with Gasteiger partial charge in [-0.25, -0.2) is 9.78 Å². The van der Waals surface area contributed by atoms with Crippen molar-refractivity contribution in [3.63, 3.8) is 0 Å². The molecule has 6 rings (SSSR count). The Morgan fingerprint density at radius 3 is 2.74 bits per heavy atom. The number of carbonyl (C=O) groups is 1. The standard InChI is InChI=1S/C28H32N8O3/c37-28(38)35-17-23(18-35)39-9-8-36-16-22(15-31-36)21-12-25-24(29-14-21)6-7-26(32-25)33-27-11-20(13-30-34-27)10-19-4-2-1-3-5-19/h6-7,11-16,19,23H,1-5,8-10,17-18H2,(H,37,38)(H,32,33,34). The van der Waals surface area contributed by atoms with E-state index in [2.05, 4.69) is 31.7 Å². The van der Waals surface area contributed by atoms with Crippen LogP contribution in [0.2, 0.25) is 0 Å². The minimum absolute atomic E-state index is 0.0416. The van der Waals surface area contributed by atoms with Gasteiger partial charge in [0.2, 0.25) is 0 Å². The molecule has 11 nitrogen and oxygen atoms in total. The molecule has 1 saturated carbocycles. The second-order valence-corrected chi connectivity index (χ2v) is 10.4. The number of amides is 1. The number of hydrogen-bond donors (Lipinski definition) is 2. The number of nitrogens with one attached hydrogen (secondary N) is 1. The second kappa shape index (κ2) is 11.3. The first-order chi connectivity index (χ1) is 19.1. The van der Waals surface area contributed by atoms with E-state index in [1.54, 1.807) is 6.20 Å². The number of anilines is 2. The highest BCUT2D eigenvalue weighted by molar-refractivity contribution is 5.81. The summed E-state index contributed by atoms with van der Waals surface area (Å²) >= 11 is 0. The van der Waals surface area contributed by atoms with E-state index < -0.39 is 6.09 Å². The number of rotatable bonds is 9. The number of ether oxygens (including phenoxy) is 1. The van der Waals surface area contributed by atoms with Crippen LogP contribution < -0.4 is 5.32 Å². The van der Waals surface area contributed by atoms with Crippen LogP contribution in [0.25, 0.3) is 22.2 Å². The van der Waals surface area contributed by atoms with E-state index in [9.17, 15) is 4.79 Å². The monoisotopic (exact) mass is 528 g/mol. The lowest BCUT2D eigenvalue weighted by atomic mass is 9.85. The van der Waals surface area contributed by atoms with Crippen molar-refractivity contribution in [2.24, 2.45) is 5.92 Å². The third-order valence-electron chi connectivity index (χ3n) is 7.51. The molecule has 1 saturated heterocycles. The van der Waals surface area contributed by atoms with E-state index in [1.807, 2.05) is 41.5 Å². The van der Waals surface area contributed by atoms with E-state index in [4.69, 9.17) is 14.8 Å². The molecule has 0 aromatic carbocycles. The summed E-state index contributed by atoms with van der Waals surface area (Å²) in [7, 11) is 0. The van der Waals surface area contributed by atoms with Crippen molar-refractivity contribution >= 4 is 28.8 Å². The lowest BCUT2D eigenvalue weighted by molar-refractivity contribution is -0.0470. The van der Waals surface area contributed by atoms with Crippen LogP contribution >= 0.6 is 0 Å². The summed E-state index contributed by atoms with van der Waals surface area (Å²) in [5.41, 5.74) is 4.64. The Balaban J connectivity index is 1.08. The number of hydrogen-bond acceptors (Lipinski definition) is 8. The molecule has 11 heteroatoms. The fraction of sp³-hybridized carbons (Fsp3) is 0.429. The Hall–Kier alpha value is -4.12. The zero-order valence-electron chi connectivity index (χ0n) is 21.7. The Bertz CT molecular complexity index is 1450. The van der Waals surface area contributed by atoms with Gasteiger partial charge in [0.15, 0.2) is 5.82 Å². The van der Waals surface area contributed by atoms with Crippen molar-refractivity contribution in [1.29, 1.82) is 0 Å². The zero-order valence-corrected chi connectivity index (χ0v) is 21.7. The summed E-state index contributed by atoms with van der Waals surface area (Å²) in [5.74, 6) is 2.12. The van der Waals surface area contributed by atoms with E-state index in [0.717, 1.165) is 34.5 Å². The molecular formula is C28H32N8O3. The van der Waals surface area contributed by atoms with Crippen LogP contribution in [0.4, 0.5) is 16.4 Å². The maximum Gasteiger partial charge on any atom is 0.407 e. The smallest absolute Gasteiger partial charge is 0.407 e. The maximum absolute atomic E-state index is 10.9. The number of likely N-dealkylation sites (tertiary alicyclic amines) is 1. The van der Waals surface area contributed by atoms with Gasteiger partial charge in [-0.2, -0.15) is 10.2 Å². The van der Waals surface area contributed by atoms with E-state index in [1.165, 1.54) is 42.6 Å². The lowest BCUT2D eigenvalue weighted by Crippen LogP contribution is -2.54. The molecule has 5 heterocycles. The molecule has 4 aromatic heterocycles. The summed E-state index contributed by atoms with van der Waals surface area (Å²) in [5, 5.41) is 25.1. The van der Waals surface area contributed by atoms with Gasteiger partial charge in [0.05, 0.1) is 55.8 Å².